The van der Waals surface area contributed by atoms with Crippen LogP contribution in [0.25, 0.3) is 0 Å². The van der Waals surface area contributed by atoms with Crippen molar-refractivity contribution in [2.24, 2.45) is 0 Å². The molecule has 0 fully saturated rings. The molecule has 21 heavy (non-hydrogen) atoms. The van der Waals surface area contributed by atoms with Crippen LogP contribution in [0, 0.1) is 15.9 Å². The fourth-order valence-corrected chi connectivity index (χ4v) is 2.76. The summed E-state index contributed by atoms with van der Waals surface area (Å²) in [6.45, 7) is 1.82. The molecule has 0 aromatic heterocycles. The molecule has 0 radical (unpaired) electrons. The number of sulfonamides is 1. The van der Waals surface area contributed by atoms with Gasteiger partial charge in [-0.3, -0.25) is 10.1 Å². The van der Waals surface area contributed by atoms with E-state index in [-0.39, 0.29) is 12.6 Å². The number of nitro benzene ring substituents is 1. The first-order valence-corrected chi connectivity index (χ1v) is 7.44. The monoisotopic (exact) mass is 320 g/mol. The van der Waals surface area contributed by atoms with Crippen molar-refractivity contribution < 1.29 is 17.7 Å². The first-order valence-electron chi connectivity index (χ1n) is 5.95. The standard InChI is InChI=1S/C11H17FN4O4S/c1-7(15(2)3)6-14-21(19,20)11-9(12)4-8(16(17)18)5-10(11)13/h4-5,7,14H,6,13H2,1-3H3. The van der Waals surface area contributed by atoms with E-state index in [9.17, 15) is 22.9 Å². The van der Waals surface area contributed by atoms with Crippen molar-refractivity contribution in [2.75, 3.05) is 26.4 Å². The minimum absolute atomic E-state index is 0.0468. The van der Waals surface area contributed by atoms with E-state index in [4.69, 9.17) is 5.73 Å². The van der Waals surface area contributed by atoms with E-state index in [1.165, 1.54) is 0 Å². The van der Waals surface area contributed by atoms with Gasteiger partial charge in [-0.15, -0.1) is 0 Å². The van der Waals surface area contributed by atoms with Gasteiger partial charge < -0.3 is 10.6 Å². The van der Waals surface area contributed by atoms with Crippen LogP contribution in [0.3, 0.4) is 0 Å². The van der Waals surface area contributed by atoms with Crippen molar-refractivity contribution in [2.45, 2.75) is 17.9 Å². The Bertz CT molecular complexity index is 625. The summed E-state index contributed by atoms with van der Waals surface area (Å²) in [6, 6.07) is 1.22. The van der Waals surface area contributed by atoms with Gasteiger partial charge in [-0.05, 0) is 21.0 Å². The number of nitrogens with one attached hydrogen (secondary N) is 1. The van der Waals surface area contributed by atoms with Gasteiger partial charge in [0.25, 0.3) is 5.69 Å². The molecule has 118 valence electrons. The number of benzene rings is 1. The van der Waals surface area contributed by atoms with Gasteiger partial charge in [0.05, 0.1) is 16.7 Å². The molecule has 8 nitrogen and oxygen atoms in total. The van der Waals surface area contributed by atoms with Crippen molar-refractivity contribution in [3.05, 3.63) is 28.1 Å². The fraction of sp³-hybridized carbons (Fsp3) is 0.455. The van der Waals surface area contributed by atoms with E-state index >= 15 is 0 Å². The second-order valence-corrected chi connectivity index (χ2v) is 6.47. The molecule has 0 amide bonds. The molecule has 0 saturated carbocycles. The van der Waals surface area contributed by atoms with Gasteiger partial charge in [0, 0.05) is 18.7 Å². The van der Waals surface area contributed by atoms with Gasteiger partial charge in [0.2, 0.25) is 10.0 Å². The van der Waals surface area contributed by atoms with Gasteiger partial charge in [0.15, 0.2) is 5.82 Å². The Morgan fingerprint density at radius 2 is 2.05 bits per heavy atom. The third-order valence-corrected chi connectivity index (χ3v) is 4.50. The molecule has 1 aromatic rings. The van der Waals surface area contributed by atoms with Gasteiger partial charge in [0.1, 0.15) is 4.90 Å². The summed E-state index contributed by atoms with van der Waals surface area (Å²) < 4.78 is 40.2. The zero-order valence-electron chi connectivity index (χ0n) is 11.8. The SMILES string of the molecule is CC(CNS(=O)(=O)c1c(N)cc([N+](=O)[O-])cc1F)N(C)C. The quantitative estimate of drug-likeness (QED) is 0.449. The summed E-state index contributed by atoms with van der Waals surface area (Å²) in [4.78, 5) is 10.7. The number of hydrogen-bond donors (Lipinski definition) is 2. The molecule has 1 rings (SSSR count). The lowest BCUT2D eigenvalue weighted by molar-refractivity contribution is -0.385. The lowest BCUT2D eigenvalue weighted by atomic mass is 10.3. The van der Waals surface area contributed by atoms with Crippen LogP contribution in [0.4, 0.5) is 15.8 Å². The van der Waals surface area contributed by atoms with Crippen molar-refractivity contribution in [3.63, 3.8) is 0 Å². The highest BCUT2D eigenvalue weighted by atomic mass is 32.2. The van der Waals surface area contributed by atoms with Crippen LogP contribution in [0.15, 0.2) is 17.0 Å². The number of hydrogen-bond acceptors (Lipinski definition) is 6. The zero-order valence-corrected chi connectivity index (χ0v) is 12.6. The minimum atomic E-state index is -4.19. The second-order valence-electron chi connectivity index (χ2n) is 4.77. The van der Waals surface area contributed by atoms with Crippen LogP contribution in [-0.2, 0) is 10.0 Å². The summed E-state index contributed by atoms with van der Waals surface area (Å²) in [7, 11) is -0.665. The molecule has 0 bridgehead atoms. The molecule has 0 spiro atoms. The predicted molar refractivity (Wildman–Crippen MR) is 75.8 cm³/mol. The number of rotatable bonds is 6. The highest BCUT2D eigenvalue weighted by Crippen LogP contribution is 2.27. The van der Waals surface area contributed by atoms with Crippen molar-refractivity contribution in [1.82, 2.24) is 9.62 Å². The zero-order chi connectivity index (χ0) is 16.4. The maximum atomic E-state index is 13.8. The average Bonchev–Trinajstić information content (AvgIpc) is 2.34. The molecular formula is C11H17FN4O4S. The molecule has 0 heterocycles. The van der Waals surface area contributed by atoms with E-state index in [2.05, 4.69) is 4.72 Å². The number of nitro groups is 1. The Kier molecular flexibility index (Phi) is 5.20. The number of anilines is 1. The molecule has 0 aliphatic carbocycles. The van der Waals surface area contributed by atoms with Crippen molar-refractivity contribution in [1.29, 1.82) is 0 Å². The van der Waals surface area contributed by atoms with Gasteiger partial charge in [-0.1, -0.05) is 0 Å². The second kappa shape index (κ2) is 6.33. The third kappa shape index (κ3) is 4.09. The third-order valence-electron chi connectivity index (χ3n) is 2.99. The minimum Gasteiger partial charge on any atom is -0.397 e. The molecule has 1 aromatic carbocycles. The van der Waals surface area contributed by atoms with Gasteiger partial charge in [-0.2, -0.15) is 0 Å². The first kappa shape index (κ1) is 17.3. The van der Waals surface area contributed by atoms with Crippen LogP contribution >= 0.6 is 0 Å². The highest BCUT2D eigenvalue weighted by Gasteiger charge is 2.26. The number of nitrogen functional groups attached to an aromatic ring is 1. The van der Waals surface area contributed by atoms with E-state index in [1.54, 1.807) is 25.9 Å². The van der Waals surface area contributed by atoms with E-state index < -0.39 is 37.0 Å². The Hall–Kier alpha value is -1.78. The molecule has 10 heteroatoms. The summed E-state index contributed by atoms with van der Waals surface area (Å²) in [5.74, 6) is -1.26. The molecule has 0 saturated heterocycles. The first-order chi connectivity index (χ1) is 9.56. The number of non-ortho nitro benzene ring substituents is 1. The molecule has 1 unspecified atom stereocenters. The largest absolute Gasteiger partial charge is 0.397 e. The lowest BCUT2D eigenvalue weighted by Crippen LogP contribution is -2.38. The van der Waals surface area contributed by atoms with E-state index in [0.717, 1.165) is 6.07 Å². The summed E-state index contributed by atoms with van der Waals surface area (Å²) in [5.41, 5.74) is 4.32. The normalized spacial score (nSPS) is 13.4. The van der Waals surface area contributed by atoms with E-state index in [1.807, 2.05) is 0 Å². The lowest BCUT2D eigenvalue weighted by Gasteiger charge is -2.20. The Morgan fingerprint density at radius 1 is 1.48 bits per heavy atom. The van der Waals surface area contributed by atoms with Crippen molar-refractivity contribution >= 4 is 21.4 Å². The van der Waals surface area contributed by atoms with Crippen LogP contribution in [0.2, 0.25) is 0 Å². The predicted octanol–water partition coefficient (Wildman–Crippen LogP) is 0.544. The Balaban J connectivity index is 3.12. The van der Waals surface area contributed by atoms with Crippen LogP contribution in [0.5, 0.6) is 0 Å². The number of halogens is 1. The number of nitrogens with zero attached hydrogens (tertiary/aromatic N) is 2. The topological polar surface area (TPSA) is 119 Å². The molecule has 0 aliphatic heterocycles. The van der Waals surface area contributed by atoms with Crippen LogP contribution in [-0.4, -0.2) is 44.9 Å². The fourth-order valence-electron chi connectivity index (χ4n) is 1.47. The number of nitrogens with two attached hydrogens (primary N) is 1. The average molecular weight is 320 g/mol. The van der Waals surface area contributed by atoms with Crippen molar-refractivity contribution in [3.8, 4) is 0 Å². The smallest absolute Gasteiger partial charge is 0.274 e. The highest BCUT2D eigenvalue weighted by molar-refractivity contribution is 7.89. The molecule has 1 atom stereocenters. The summed E-state index contributed by atoms with van der Waals surface area (Å²) in [6.07, 6.45) is 0. The Morgan fingerprint density at radius 3 is 2.48 bits per heavy atom. The van der Waals surface area contributed by atoms with E-state index in [0.29, 0.717) is 6.07 Å². The summed E-state index contributed by atoms with van der Waals surface area (Å²) >= 11 is 0. The summed E-state index contributed by atoms with van der Waals surface area (Å²) in [5, 5.41) is 10.6. The van der Waals surface area contributed by atoms with Gasteiger partial charge in [-0.25, -0.2) is 17.5 Å². The van der Waals surface area contributed by atoms with Crippen LogP contribution in [0.1, 0.15) is 6.92 Å². The number of likely N-dealkylation sites (N-methyl/N-ethyl adjacent to an activating group) is 1. The maximum absolute atomic E-state index is 13.8. The van der Waals surface area contributed by atoms with Crippen LogP contribution < -0.4 is 10.5 Å². The maximum Gasteiger partial charge on any atom is 0.274 e. The molecular weight excluding hydrogens is 303 g/mol. The van der Waals surface area contributed by atoms with Gasteiger partial charge >= 0.3 is 0 Å². The Labute approximate surface area is 121 Å². The molecule has 3 N–H and O–H groups in total. The molecule has 0 aliphatic rings.